The SMILES string of the molecule is CC(C)(C)c1cccc(N2[CH-]N(c3[c-]c(Oc4[c-]c5c(cc4)c4cc(-c6ccccc6)ccc4n5-c4cc(C(C)(C)C)ccn4)ccc3)c3ccc(C(C)(C)c4ccccc4)cc32)c1.[CH3-].[Pt+4]. The molecule has 0 bridgehead atoms. The van der Waals surface area contributed by atoms with Crippen LogP contribution in [-0.4, -0.2) is 9.55 Å². The average Bonchev–Trinajstić information content (AvgIpc) is 3.84. The van der Waals surface area contributed by atoms with Crippen molar-refractivity contribution < 1.29 is 25.8 Å². The van der Waals surface area contributed by atoms with Crippen LogP contribution in [0.15, 0.2) is 170 Å². The molecule has 3 heterocycles. The Balaban J connectivity index is 0.00000296. The van der Waals surface area contributed by atoms with Gasteiger partial charge in [-0.2, -0.15) is 12.1 Å². The summed E-state index contributed by atoms with van der Waals surface area (Å²) >= 11 is 0. The van der Waals surface area contributed by atoms with E-state index in [0.29, 0.717) is 11.5 Å². The van der Waals surface area contributed by atoms with Crippen LogP contribution in [-0.2, 0) is 37.3 Å². The monoisotopic (exact) mass is 1040 g/mol. The zero-order valence-corrected chi connectivity index (χ0v) is 41.5. The molecule has 9 aromatic rings. The third kappa shape index (κ3) is 8.58. The largest absolute Gasteiger partial charge is 4.00 e. The Bertz CT molecular complexity index is 3180. The molecule has 0 amide bonds. The van der Waals surface area contributed by atoms with Crippen molar-refractivity contribution in [1.29, 1.82) is 0 Å². The van der Waals surface area contributed by atoms with E-state index in [1.54, 1.807) is 0 Å². The molecule has 0 saturated heterocycles. The van der Waals surface area contributed by atoms with Crippen molar-refractivity contribution in [3.05, 3.63) is 218 Å². The smallest absolute Gasteiger partial charge is 0.509 e. The van der Waals surface area contributed by atoms with Crippen molar-refractivity contribution in [2.45, 2.75) is 71.6 Å². The van der Waals surface area contributed by atoms with Gasteiger partial charge >= 0.3 is 21.1 Å². The van der Waals surface area contributed by atoms with Crippen LogP contribution in [0.1, 0.15) is 77.6 Å². The quantitative estimate of drug-likeness (QED) is 0.142. The maximum Gasteiger partial charge on any atom is 4.00 e. The second kappa shape index (κ2) is 17.8. The van der Waals surface area contributed by atoms with E-state index in [4.69, 9.17) is 9.72 Å². The van der Waals surface area contributed by atoms with Crippen molar-refractivity contribution >= 4 is 44.6 Å². The molecule has 5 nitrogen and oxygen atoms in total. The summed E-state index contributed by atoms with van der Waals surface area (Å²) < 4.78 is 8.93. The number of hydrogen-bond acceptors (Lipinski definition) is 4. The molecule has 6 heteroatoms. The molecular weight excluding hydrogens is 988 g/mol. The molecule has 0 fully saturated rings. The Morgan fingerprint density at radius 2 is 1.20 bits per heavy atom. The summed E-state index contributed by atoms with van der Waals surface area (Å²) in [5.41, 5.74) is 13.2. The van der Waals surface area contributed by atoms with Gasteiger partial charge in [0.2, 0.25) is 0 Å². The molecule has 66 heavy (non-hydrogen) atoms. The first-order valence-corrected chi connectivity index (χ1v) is 22.2. The number of fused-ring (bicyclic) bond motifs is 4. The minimum absolute atomic E-state index is 0. The zero-order chi connectivity index (χ0) is 44.4. The Hall–Kier alpha value is -6.42. The van der Waals surface area contributed by atoms with E-state index in [-0.39, 0.29) is 44.7 Å². The maximum absolute atomic E-state index is 6.71. The number of ether oxygens (including phenoxy) is 1. The van der Waals surface area contributed by atoms with Crippen molar-refractivity contribution in [2.75, 3.05) is 9.80 Å². The standard InChI is InChI=1S/C59H53N4O.CH3.Pt/c1-57(2,3)43-21-15-22-46(34-43)62-39-61(53-30-26-45(35-55(53)62)59(7,8)42-19-13-10-14-20-42)47-23-16-24-48(37-47)64-49-27-28-50-51-33-41(40-17-11-9-12-18-40)25-29-52(51)63(54(50)38-49)56-36-44(31-32-60-56)58(4,5)6;;/h9-36,39H,1-8H3;1H3;/q-3;-1;+4. The summed E-state index contributed by atoms with van der Waals surface area (Å²) in [5.74, 6) is 2.04. The summed E-state index contributed by atoms with van der Waals surface area (Å²) in [4.78, 5) is 9.45. The van der Waals surface area contributed by atoms with Gasteiger partial charge < -0.3 is 26.5 Å². The minimum atomic E-state index is -0.207. The van der Waals surface area contributed by atoms with Gasteiger partial charge in [0.25, 0.3) is 0 Å². The van der Waals surface area contributed by atoms with Crippen molar-refractivity contribution in [2.24, 2.45) is 0 Å². The molecule has 0 saturated carbocycles. The van der Waals surface area contributed by atoms with Gasteiger partial charge in [-0.05, 0) is 92.1 Å². The molecule has 1 aliphatic heterocycles. The third-order valence-electron chi connectivity index (χ3n) is 12.8. The molecule has 7 aromatic carbocycles. The van der Waals surface area contributed by atoms with Gasteiger partial charge in [0.05, 0.1) is 0 Å². The molecule has 2 aromatic heterocycles. The molecule has 0 unspecified atom stereocenters. The molecule has 0 radical (unpaired) electrons. The van der Waals surface area contributed by atoms with Crippen LogP contribution in [0.25, 0.3) is 38.8 Å². The first-order valence-electron chi connectivity index (χ1n) is 22.2. The van der Waals surface area contributed by atoms with Crippen LogP contribution >= 0.6 is 0 Å². The summed E-state index contributed by atoms with van der Waals surface area (Å²) in [5, 5.41) is 2.21. The molecule has 0 spiro atoms. The zero-order valence-electron chi connectivity index (χ0n) is 39.3. The fourth-order valence-electron chi connectivity index (χ4n) is 8.88. The van der Waals surface area contributed by atoms with Gasteiger partial charge in [-0.3, -0.25) is 0 Å². The van der Waals surface area contributed by atoms with E-state index < -0.39 is 0 Å². The number of pyridine rings is 1. The van der Waals surface area contributed by atoms with E-state index in [2.05, 4.69) is 234 Å². The topological polar surface area (TPSA) is 33.5 Å². The van der Waals surface area contributed by atoms with E-state index in [1.807, 2.05) is 24.4 Å². The van der Waals surface area contributed by atoms with Gasteiger partial charge in [-0.25, -0.2) is 4.98 Å². The summed E-state index contributed by atoms with van der Waals surface area (Å²) in [6, 6.07) is 65.6. The number of hydrogen-bond donors (Lipinski definition) is 0. The molecule has 0 atom stereocenters. The molecule has 0 N–H and O–H groups in total. The summed E-state index contributed by atoms with van der Waals surface area (Å²) in [6.07, 6.45) is 1.91. The number of nitrogens with zero attached hydrogens (tertiary/aromatic N) is 4. The molecule has 0 aliphatic carbocycles. The fourth-order valence-corrected chi connectivity index (χ4v) is 8.88. The number of rotatable bonds is 8. The van der Waals surface area contributed by atoms with Crippen LogP contribution in [0.5, 0.6) is 11.5 Å². The first-order chi connectivity index (χ1) is 30.7. The van der Waals surface area contributed by atoms with Crippen LogP contribution in [0.3, 0.4) is 0 Å². The van der Waals surface area contributed by atoms with Crippen molar-refractivity contribution in [3.8, 4) is 28.4 Å². The molecule has 10 rings (SSSR count). The number of benzene rings is 7. The van der Waals surface area contributed by atoms with Crippen LogP contribution in [0.4, 0.5) is 22.7 Å². The molecule has 332 valence electrons. The van der Waals surface area contributed by atoms with Crippen LogP contribution in [0.2, 0.25) is 0 Å². The molecular formula is C60H56N4OPt. The third-order valence-corrected chi connectivity index (χ3v) is 12.8. The Morgan fingerprint density at radius 3 is 1.94 bits per heavy atom. The second-order valence-corrected chi connectivity index (χ2v) is 19.5. The number of anilines is 4. The van der Waals surface area contributed by atoms with Gasteiger partial charge in [0.15, 0.2) is 0 Å². The normalized spacial score (nSPS) is 12.8. The fraction of sp³-hybridized carbons (Fsp3) is 0.183. The maximum atomic E-state index is 6.71. The van der Waals surface area contributed by atoms with E-state index in [9.17, 15) is 0 Å². The predicted molar refractivity (Wildman–Crippen MR) is 272 cm³/mol. The van der Waals surface area contributed by atoms with Gasteiger partial charge in [-0.1, -0.05) is 152 Å². The minimum Gasteiger partial charge on any atom is -0.509 e. The predicted octanol–water partition coefficient (Wildman–Crippen LogP) is 16.0. The Morgan fingerprint density at radius 1 is 0.515 bits per heavy atom. The van der Waals surface area contributed by atoms with E-state index in [1.165, 1.54) is 27.8 Å². The Kier molecular flexibility index (Phi) is 12.4. The van der Waals surface area contributed by atoms with Gasteiger partial charge in [0.1, 0.15) is 5.82 Å². The summed E-state index contributed by atoms with van der Waals surface area (Å²) in [6.45, 7) is 20.3. The first kappa shape index (κ1) is 46.1. The number of aromatic nitrogens is 2. The van der Waals surface area contributed by atoms with Crippen LogP contribution < -0.4 is 14.5 Å². The van der Waals surface area contributed by atoms with Gasteiger partial charge in [-0.15, -0.1) is 48.1 Å². The molecule has 1 aliphatic rings. The van der Waals surface area contributed by atoms with E-state index in [0.717, 1.165) is 55.9 Å². The van der Waals surface area contributed by atoms with Crippen molar-refractivity contribution in [1.82, 2.24) is 9.55 Å². The van der Waals surface area contributed by atoms with Gasteiger partial charge in [0, 0.05) is 45.7 Å². The van der Waals surface area contributed by atoms with E-state index >= 15 is 0 Å². The Labute approximate surface area is 406 Å². The van der Waals surface area contributed by atoms with Crippen LogP contribution in [0, 0.1) is 26.2 Å². The summed E-state index contributed by atoms with van der Waals surface area (Å²) in [7, 11) is 0. The average molecular weight is 1040 g/mol. The second-order valence-electron chi connectivity index (χ2n) is 19.5. The van der Waals surface area contributed by atoms with Crippen molar-refractivity contribution in [3.63, 3.8) is 0 Å².